The number of guanidine groups is 1. The van der Waals surface area contributed by atoms with Crippen molar-refractivity contribution in [3.63, 3.8) is 0 Å². The van der Waals surface area contributed by atoms with E-state index in [1.807, 2.05) is 11.3 Å². The maximum absolute atomic E-state index is 11.9. The highest BCUT2D eigenvalue weighted by atomic mass is 32.1. The molecule has 29 heavy (non-hydrogen) atoms. The zero-order chi connectivity index (χ0) is 20.5. The Bertz CT molecular complexity index is 752. The molecule has 1 amide bonds. The molecule has 1 aliphatic heterocycles. The average Bonchev–Trinajstić information content (AvgIpc) is 3.45. The molecule has 3 heterocycles. The molecule has 1 unspecified atom stereocenters. The van der Waals surface area contributed by atoms with Crippen LogP contribution in [0.15, 0.2) is 45.3 Å². The van der Waals surface area contributed by atoms with Gasteiger partial charge < -0.3 is 20.4 Å². The number of thiophene rings is 1. The van der Waals surface area contributed by atoms with Gasteiger partial charge in [0.05, 0.1) is 12.3 Å². The van der Waals surface area contributed by atoms with E-state index >= 15 is 0 Å². The van der Waals surface area contributed by atoms with Crippen molar-refractivity contribution in [3.8, 4) is 0 Å². The molecular formula is C21H31N5O2S. The van der Waals surface area contributed by atoms with E-state index in [1.54, 1.807) is 19.2 Å². The predicted octanol–water partition coefficient (Wildman–Crippen LogP) is 2.71. The van der Waals surface area contributed by atoms with Gasteiger partial charge in [0.25, 0.3) is 5.91 Å². The van der Waals surface area contributed by atoms with Gasteiger partial charge in [0.15, 0.2) is 11.7 Å². The zero-order valence-electron chi connectivity index (χ0n) is 17.2. The lowest BCUT2D eigenvalue weighted by Crippen LogP contribution is -2.46. The van der Waals surface area contributed by atoms with E-state index in [-0.39, 0.29) is 5.91 Å². The fourth-order valence-corrected chi connectivity index (χ4v) is 4.36. The number of hydrogen-bond donors (Lipinski definition) is 3. The summed E-state index contributed by atoms with van der Waals surface area (Å²) in [5.74, 6) is 1.66. The second-order valence-electron chi connectivity index (χ2n) is 7.36. The minimum atomic E-state index is -0.211. The van der Waals surface area contributed by atoms with Crippen LogP contribution in [0, 0.1) is 5.92 Å². The third-order valence-electron chi connectivity index (χ3n) is 5.27. The summed E-state index contributed by atoms with van der Waals surface area (Å²) in [5, 5.41) is 11.7. The smallest absolute Gasteiger partial charge is 0.287 e. The number of furan rings is 1. The van der Waals surface area contributed by atoms with Crippen LogP contribution in [0.5, 0.6) is 0 Å². The maximum atomic E-state index is 11.9. The molecule has 158 valence electrons. The van der Waals surface area contributed by atoms with E-state index < -0.39 is 0 Å². The number of carbonyl (C=O) groups is 1. The van der Waals surface area contributed by atoms with Gasteiger partial charge >= 0.3 is 0 Å². The first-order valence-electron chi connectivity index (χ1n) is 10.2. The fourth-order valence-electron chi connectivity index (χ4n) is 3.50. The van der Waals surface area contributed by atoms with E-state index in [0.29, 0.717) is 24.9 Å². The summed E-state index contributed by atoms with van der Waals surface area (Å²) in [4.78, 5) is 20.2. The molecule has 1 fully saturated rings. The van der Waals surface area contributed by atoms with Gasteiger partial charge in [0.1, 0.15) is 0 Å². The summed E-state index contributed by atoms with van der Waals surface area (Å²) in [6.45, 7) is 6.47. The van der Waals surface area contributed by atoms with Crippen molar-refractivity contribution in [2.45, 2.75) is 25.8 Å². The van der Waals surface area contributed by atoms with E-state index in [1.165, 1.54) is 24.0 Å². The molecule has 1 saturated heterocycles. The Hall–Kier alpha value is -2.32. The Labute approximate surface area is 176 Å². The number of carbonyl (C=O) groups excluding carboxylic acids is 1. The average molecular weight is 418 g/mol. The molecule has 1 aliphatic rings. The molecule has 0 aliphatic carbocycles. The second kappa shape index (κ2) is 11.0. The van der Waals surface area contributed by atoms with Crippen LogP contribution in [0.1, 0.15) is 41.2 Å². The van der Waals surface area contributed by atoms with Gasteiger partial charge in [-0.2, -0.15) is 0 Å². The minimum absolute atomic E-state index is 0.211. The quantitative estimate of drug-likeness (QED) is 0.350. The number of nitrogens with zero attached hydrogens (tertiary/aromatic N) is 2. The lowest BCUT2D eigenvalue weighted by atomic mass is 9.97. The standard InChI is InChI=1S/C21H31N5O2S/c1-16-7-11-26(12-8-16)17(19-6-4-14-29-19)15-25-21(22-2)24-10-9-23-20(27)18-5-3-13-28-18/h3-6,13-14,16-17H,7-12,15H2,1-2H3,(H,23,27)(H2,22,24,25). The second-order valence-corrected chi connectivity index (χ2v) is 8.34. The van der Waals surface area contributed by atoms with Crippen molar-refractivity contribution < 1.29 is 9.21 Å². The third kappa shape index (κ3) is 6.33. The predicted molar refractivity (Wildman–Crippen MR) is 117 cm³/mol. The highest BCUT2D eigenvalue weighted by molar-refractivity contribution is 7.10. The van der Waals surface area contributed by atoms with Gasteiger partial charge in [-0.25, -0.2) is 0 Å². The lowest BCUT2D eigenvalue weighted by Gasteiger charge is -2.36. The number of likely N-dealkylation sites (tertiary alicyclic amines) is 1. The summed E-state index contributed by atoms with van der Waals surface area (Å²) < 4.78 is 5.09. The largest absolute Gasteiger partial charge is 0.459 e. The first-order valence-corrected chi connectivity index (χ1v) is 11.1. The Morgan fingerprint density at radius 3 is 2.69 bits per heavy atom. The molecule has 0 radical (unpaired) electrons. The van der Waals surface area contributed by atoms with Crippen LogP contribution in [0.3, 0.4) is 0 Å². The van der Waals surface area contributed by atoms with Crippen molar-refractivity contribution in [3.05, 3.63) is 46.5 Å². The van der Waals surface area contributed by atoms with E-state index in [0.717, 1.165) is 31.5 Å². The maximum Gasteiger partial charge on any atom is 0.287 e. The molecule has 2 aromatic heterocycles. The summed E-state index contributed by atoms with van der Waals surface area (Å²) in [7, 11) is 1.76. The lowest BCUT2D eigenvalue weighted by molar-refractivity contribution is 0.0926. The summed E-state index contributed by atoms with van der Waals surface area (Å²) in [5.41, 5.74) is 0. The Kier molecular flexibility index (Phi) is 8.13. The molecule has 3 rings (SSSR count). The Morgan fingerprint density at radius 1 is 1.24 bits per heavy atom. The number of rotatable bonds is 8. The molecule has 0 bridgehead atoms. The summed E-state index contributed by atoms with van der Waals surface area (Å²) >= 11 is 1.81. The normalized spacial score (nSPS) is 17.1. The fraction of sp³-hybridized carbons (Fsp3) is 0.524. The minimum Gasteiger partial charge on any atom is -0.459 e. The third-order valence-corrected chi connectivity index (χ3v) is 6.24. The molecule has 0 spiro atoms. The van der Waals surface area contributed by atoms with Crippen molar-refractivity contribution >= 4 is 23.2 Å². The first kappa shape index (κ1) is 21.4. The zero-order valence-corrected chi connectivity index (χ0v) is 18.0. The number of amides is 1. The van der Waals surface area contributed by atoms with Crippen LogP contribution in [0.4, 0.5) is 0 Å². The van der Waals surface area contributed by atoms with Crippen LogP contribution in [0.2, 0.25) is 0 Å². The Morgan fingerprint density at radius 2 is 2.03 bits per heavy atom. The van der Waals surface area contributed by atoms with Crippen molar-refractivity contribution in [2.75, 3.05) is 39.8 Å². The monoisotopic (exact) mass is 417 g/mol. The summed E-state index contributed by atoms with van der Waals surface area (Å²) in [6.07, 6.45) is 4.00. The number of piperidine rings is 1. The highest BCUT2D eigenvalue weighted by Crippen LogP contribution is 2.28. The molecule has 8 heteroatoms. The highest BCUT2D eigenvalue weighted by Gasteiger charge is 2.25. The van der Waals surface area contributed by atoms with Crippen molar-refractivity contribution in [2.24, 2.45) is 10.9 Å². The van der Waals surface area contributed by atoms with Crippen LogP contribution >= 0.6 is 11.3 Å². The van der Waals surface area contributed by atoms with Gasteiger partial charge in [-0.3, -0.25) is 14.7 Å². The van der Waals surface area contributed by atoms with Crippen LogP contribution in [-0.4, -0.2) is 56.5 Å². The first-order chi connectivity index (χ1) is 14.2. The van der Waals surface area contributed by atoms with Crippen molar-refractivity contribution in [1.82, 2.24) is 20.9 Å². The van der Waals surface area contributed by atoms with Gasteiger partial charge in [-0.05, 0) is 55.4 Å². The molecular weight excluding hydrogens is 386 g/mol. The van der Waals surface area contributed by atoms with Crippen LogP contribution < -0.4 is 16.0 Å². The van der Waals surface area contributed by atoms with Gasteiger partial charge in [-0.1, -0.05) is 13.0 Å². The van der Waals surface area contributed by atoms with Gasteiger partial charge in [0, 0.05) is 31.6 Å². The van der Waals surface area contributed by atoms with Crippen LogP contribution in [0.25, 0.3) is 0 Å². The molecule has 2 aromatic rings. The molecule has 7 nitrogen and oxygen atoms in total. The van der Waals surface area contributed by atoms with Crippen molar-refractivity contribution in [1.29, 1.82) is 0 Å². The number of nitrogens with one attached hydrogen (secondary N) is 3. The SMILES string of the molecule is CN=C(NCCNC(=O)c1ccco1)NCC(c1cccs1)N1CCC(C)CC1. The molecule has 1 atom stereocenters. The number of hydrogen-bond acceptors (Lipinski definition) is 5. The van der Waals surface area contributed by atoms with Gasteiger partial charge in [0.2, 0.25) is 0 Å². The topological polar surface area (TPSA) is 81.9 Å². The molecule has 3 N–H and O–H groups in total. The van der Waals surface area contributed by atoms with E-state index in [4.69, 9.17) is 4.42 Å². The molecule has 0 saturated carbocycles. The number of aliphatic imine (C=N–C) groups is 1. The van der Waals surface area contributed by atoms with E-state index in [2.05, 4.69) is 50.3 Å². The molecule has 0 aromatic carbocycles. The summed E-state index contributed by atoms with van der Waals surface area (Å²) in [6, 6.07) is 8.03. The Balaban J connectivity index is 1.45. The van der Waals surface area contributed by atoms with E-state index in [9.17, 15) is 4.79 Å². The van der Waals surface area contributed by atoms with Gasteiger partial charge in [-0.15, -0.1) is 11.3 Å². The van der Waals surface area contributed by atoms with Crippen LogP contribution in [-0.2, 0) is 0 Å².